The molecule has 2 rings (SSSR count). The van der Waals surface area contributed by atoms with Crippen LogP contribution in [0, 0.1) is 0 Å². The molecule has 0 radical (unpaired) electrons. The summed E-state index contributed by atoms with van der Waals surface area (Å²) in [5.41, 5.74) is 0.330. The van der Waals surface area contributed by atoms with E-state index in [1.807, 2.05) is 11.8 Å². The molecule has 0 unspecified atom stereocenters. The Morgan fingerprint density at radius 1 is 1.32 bits per heavy atom. The van der Waals surface area contributed by atoms with Crippen molar-refractivity contribution in [2.75, 3.05) is 36.5 Å². The van der Waals surface area contributed by atoms with E-state index in [9.17, 15) is 13.2 Å². The van der Waals surface area contributed by atoms with Crippen molar-refractivity contribution in [3.05, 3.63) is 23.2 Å². The van der Waals surface area contributed by atoms with Gasteiger partial charge < -0.3 is 10.1 Å². The molecule has 0 aliphatic heterocycles. The molecule has 1 aromatic rings. The van der Waals surface area contributed by atoms with Gasteiger partial charge in [-0.3, -0.25) is 9.10 Å². The third kappa shape index (κ3) is 7.37. The van der Waals surface area contributed by atoms with Crippen LogP contribution in [0.25, 0.3) is 0 Å². The van der Waals surface area contributed by atoms with Crippen LogP contribution in [0.5, 0.6) is 5.75 Å². The summed E-state index contributed by atoms with van der Waals surface area (Å²) in [4.78, 5) is 12.3. The smallest absolute Gasteiger partial charge is 0.240 e. The van der Waals surface area contributed by atoms with E-state index in [1.165, 1.54) is 45.3 Å². The lowest BCUT2D eigenvalue weighted by molar-refractivity contribution is -0.119. The number of methoxy groups -OCH3 is 1. The molecule has 0 aromatic heterocycles. The van der Waals surface area contributed by atoms with Crippen molar-refractivity contribution in [2.45, 2.75) is 43.8 Å². The van der Waals surface area contributed by atoms with Gasteiger partial charge in [0.15, 0.2) is 0 Å². The predicted molar refractivity (Wildman–Crippen MR) is 117 cm³/mol. The number of amides is 1. The van der Waals surface area contributed by atoms with Gasteiger partial charge in [0.2, 0.25) is 15.9 Å². The molecule has 6 nitrogen and oxygen atoms in total. The second-order valence-corrected chi connectivity index (χ2v) is 10.6. The summed E-state index contributed by atoms with van der Waals surface area (Å²) >= 11 is 8.08. The highest BCUT2D eigenvalue weighted by molar-refractivity contribution is 7.99. The second-order valence-electron chi connectivity index (χ2n) is 6.92. The van der Waals surface area contributed by atoms with E-state index in [1.54, 1.807) is 12.1 Å². The van der Waals surface area contributed by atoms with Crippen LogP contribution < -0.4 is 14.4 Å². The Labute approximate surface area is 177 Å². The molecule has 28 heavy (non-hydrogen) atoms. The zero-order valence-electron chi connectivity index (χ0n) is 16.4. The van der Waals surface area contributed by atoms with Gasteiger partial charge in [-0.05, 0) is 43.2 Å². The van der Waals surface area contributed by atoms with Crippen LogP contribution >= 0.6 is 23.4 Å². The van der Waals surface area contributed by atoms with Crippen molar-refractivity contribution in [3.8, 4) is 5.75 Å². The van der Waals surface area contributed by atoms with Gasteiger partial charge in [0, 0.05) is 11.8 Å². The average Bonchev–Trinajstić information content (AvgIpc) is 2.65. The first-order chi connectivity index (χ1) is 13.3. The van der Waals surface area contributed by atoms with Gasteiger partial charge in [0.1, 0.15) is 12.3 Å². The van der Waals surface area contributed by atoms with Crippen LogP contribution in [0.3, 0.4) is 0 Å². The molecule has 9 heteroatoms. The second kappa shape index (κ2) is 11.2. The lowest BCUT2D eigenvalue weighted by Gasteiger charge is -2.23. The van der Waals surface area contributed by atoms with Gasteiger partial charge in [-0.15, -0.1) is 0 Å². The van der Waals surface area contributed by atoms with Gasteiger partial charge in [-0.2, -0.15) is 11.8 Å². The zero-order valence-corrected chi connectivity index (χ0v) is 18.8. The number of anilines is 1. The van der Waals surface area contributed by atoms with Crippen molar-refractivity contribution in [1.29, 1.82) is 0 Å². The first kappa shape index (κ1) is 23.2. The zero-order chi connectivity index (χ0) is 20.6. The van der Waals surface area contributed by atoms with E-state index in [-0.39, 0.29) is 17.5 Å². The lowest BCUT2D eigenvalue weighted by Crippen LogP contribution is -2.40. The van der Waals surface area contributed by atoms with E-state index in [0.29, 0.717) is 18.0 Å². The van der Waals surface area contributed by atoms with Crippen LogP contribution in [0.4, 0.5) is 5.69 Å². The van der Waals surface area contributed by atoms with Crippen LogP contribution in [0.1, 0.15) is 38.5 Å². The van der Waals surface area contributed by atoms with E-state index in [2.05, 4.69) is 5.32 Å². The minimum Gasteiger partial charge on any atom is -0.495 e. The van der Waals surface area contributed by atoms with E-state index in [0.717, 1.165) is 28.0 Å². The third-order valence-electron chi connectivity index (χ3n) is 4.66. The number of sulfonamides is 1. The molecule has 0 bridgehead atoms. The number of hydrogen-bond donors (Lipinski definition) is 1. The number of benzene rings is 1. The molecule has 0 heterocycles. The fraction of sp³-hybridized carbons (Fsp3) is 0.632. The standard InChI is InChI=1S/C19H29ClN2O4S2/c1-26-18-10-9-15(13-17(18)20)22(28(2,24)25)14-19(23)21-11-6-12-27-16-7-4-3-5-8-16/h9-10,13,16H,3-8,11-12,14H2,1-2H3,(H,21,23). The summed E-state index contributed by atoms with van der Waals surface area (Å²) in [6.45, 7) is 0.261. The molecule has 1 amide bonds. The van der Waals surface area contributed by atoms with Crippen LogP contribution in [0.2, 0.25) is 5.02 Å². The van der Waals surface area contributed by atoms with Crippen LogP contribution in [-0.4, -0.2) is 51.8 Å². The maximum Gasteiger partial charge on any atom is 0.240 e. The molecule has 0 saturated heterocycles. The molecule has 1 saturated carbocycles. The molecule has 0 atom stereocenters. The normalized spacial score (nSPS) is 15.2. The predicted octanol–water partition coefficient (Wildman–Crippen LogP) is 3.69. The Morgan fingerprint density at radius 3 is 2.64 bits per heavy atom. The monoisotopic (exact) mass is 448 g/mol. The van der Waals surface area contributed by atoms with Gasteiger partial charge in [-0.1, -0.05) is 30.9 Å². The quantitative estimate of drug-likeness (QED) is 0.552. The summed E-state index contributed by atoms with van der Waals surface area (Å²) in [6, 6.07) is 4.63. The van der Waals surface area contributed by atoms with Gasteiger partial charge in [-0.25, -0.2) is 8.42 Å². The van der Waals surface area contributed by atoms with E-state index in [4.69, 9.17) is 16.3 Å². The van der Waals surface area contributed by atoms with Crippen molar-refractivity contribution in [3.63, 3.8) is 0 Å². The molecular weight excluding hydrogens is 420 g/mol. The molecule has 1 aromatic carbocycles. The van der Waals surface area contributed by atoms with Crippen molar-refractivity contribution >= 4 is 45.0 Å². The van der Waals surface area contributed by atoms with E-state index >= 15 is 0 Å². The molecule has 1 N–H and O–H groups in total. The summed E-state index contributed by atoms with van der Waals surface area (Å²) in [5, 5.41) is 3.85. The highest BCUT2D eigenvalue weighted by Crippen LogP contribution is 2.30. The highest BCUT2D eigenvalue weighted by atomic mass is 35.5. The molecular formula is C19H29ClN2O4S2. The number of thioether (sulfide) groups is 1. The third-order valence-corrected chi connectivity index (χ3v) is 7.56. The van der Waals surface area contributed by atoms with Crippen LogP contribution in [-0.2, 0) is 14.8 Å². The summed E-state index contributed by atoms with van der Waals surface area (Å²) < 4.78 is 30.4. The minimum absolute atomic E-state index is 0.280. The largest absolute Gasteiger partial charge is 0.495 e. The number of halogens is 1. The van der Waals surface area contributed by atoms with Gasteiger partial charge >= 0.3 is 0 Å². The number of nitrogens with zero attached hydrogens (tertiary/aromatic N) is 1. The Bertz CT molecular complexity index is 752. The Hall–Kier alpha value is -1.12. The number of carbonyl (C=O) groups is 1. The number of hydrogen-bond acceptors (Lipinski definition) is 5. The van der Waals surface area contributed by atoms with Crippen molar-refractivity contribution in [1.82, 2.24) is 5.32 Å². The number of nitrogens with one attached hydrogen (secondary N) is 1. The molecule has 1 fully saturated rings. The summed E-state index contributed by atoms with van der Waals surface area (Å²) in [6.07, 6.45) is 8.54. The Morgan fingerprint density at radius 2 is 2.04 bits per heavy atom. The maximum atomic E-state index is 12.3. The first-order valence-electron chi connectivity index (χ1n) is 9.51. The van der Waals surface area contributed by atoms with Crippen LogP contribution in [0.15, 0.2) is 18.2 Å². The van der Waals surface area contributed by atoms with Crippen molar-refractivity contribution < 1.29 is 17.9 Å². The number of ether oxygens (including phenoxy) is 1. The fourth-order valence-electron chi connectivity index (χ4n) is 3.18. The first-order valence-corrected chi connectivity index (χ1v) is 12.8. The van der Waals surface area contributed by atoms with Crippen molar-refractivity contribution in [2.24, 2.45) is 0 Å². The molecule has 1 aliphatic carbocycles. The Kier molecular flexibility index (Phi) is 9.24. The SMILES string of the molecule is COc1ccc(N(CC(=O)NCCCSC2CCCCC2)S(C)(=O)=O)cc1Cl. The maximum absolute atomic E-state index is 12.3. The summed E-state index contributed by atoms with van der Waals surface area (Å²) in [7, 11) is -2.15. The topological polar surface area (TPSA) is 75.7 Å². The van der Waals surface area contributed by atoms with E-state index < -0.39 is 10.0 Å². The molecule has 0 spiro atoms. The number of carbonyl (C=O) groups excluding carboxylic acids is 1. The highest BCUT2D eigenvalue weighted by Gasteiger charge is 2.21. The molecule has 1 aliphatic rings. The average molecular weight is 449 g/mol. The van der Waals surface area contributed by atoms with Gasteiger partial charge in [0.25, 0.3) is 0 Å². The molecule has 158 valence electrons. The summed E-state index contributed by atoms with van der Waals surface area (Å²) in [5.74, 6) is 1.12. The lowest BCUT2D eigenvalue weighted by atomic mass is 10.0. The Balaban J connectivity index is 1.83. The fourth-order valence-corrected chi connectivity index (χ4v) is 5.59. The minimum atomic E-state index is -3.63. The van der Waals surface area contributed by atoms with Gasteiger partial charge in [0.05, 0.1) is 24.1 Å². The number of rotatable bonds is 10.